The SMILES string of the molecule is CC[C@H](C)[C@H](N)C(=O)O.NCC(=O)O.NCC(=O)O.O=C(O)[C@@H]1CCCN1.O=C(O)[C@@H]1CCCN1.O=C(O)[C@@H]1CCCN1.O=C(O)[C@@H]1CCCN1. The second-order valence-corrected chi connectivity index (χ2v) is 11.4. The van der Waals surface area contributed by atoms with Crippen LogP contribution in [0.2, 0.25) is 0 Å². The molecule has 298 valence electrons. The minimum atomic E-state index is -0.968. The minimum absolute atomic E-state index is 0.0718. The van der Waals surface area contributed by atoms with Crippen molar-refractivity contribution in [3.8, 4) is 0 Å². The van der Waals surface area contributed by atoms with Crippen LogP contribution in [0.15, 0.2) is 0 Å². The van der Waals surface area contributed by atoms with Crippen molar-refractivity contribution in [3.05, 3.63) is 0 Å². The van der Waals surface area contributed by atoms with E-state index in [1.54, 1.807) is 0 Å². The summed E-state index contributed by atoms with van der Waals surface area (Å²) >= 11 is 0. The average molecular weight is 742 g/mol. The molecule has 4 fully saturated rings. The van der Waals surface area contributed by atoms with E-state index in [0.29, 0.717) is 0 Å². The van der Waals surface area contributed by atoms with Crippen molar-refractivity contribution in [1.29, 1.82) is 0 Å². The van der Waals surface area contributed by atoms with Crippen LogP contribution in [0.4, 0.5) is 0 Å². The first-order valence-corrected chi connectivity index (χ1v) is 16.5. The molecule has 0 amide bonds. The molecule has 4 heterocycles. The minimum Gasteiger partial charge on any atom is -0.480 e. The van der Waals surface area contributed by atoms with Crippen LogP contribution in [0.3, 0.4) is 0 Å². The fourth-order valence-corrected chi connectivity index (χ4v) is 4.08. The molecule has 21 heteroatoms. The lowest BCUT2D eigenvalue weighted by Gasteiger charge is -2.11. The standard InChI is InChI=1S/C6H13NO2.4C5H9NO2.2C2H5NO2/c1-3-4(2)5(7)6(8)9;4*7-5(8)4-2-1-3-6-4;2*3-1-2(4)5/h4-5H,3,7H2,1-2H3,(H,8,9);4*4,6H,1-3H2,(H,7,8);2*1,3H2,(H,4,5)/t4-,5-;4*4-;;/m00000../s1. The van der Waals surface area contributed by atoms with Gasteiger partial charge in [-0.15, -0.1) is 0 Å². The summed E-state index contributed by atoms with van der Waals surface area (Å²) in [5.41, 5.74) is 14.4. The topological polar surface area (TPSA) is 387 Å². The quantitative estimate of drug-likeness (QED) is 0.119. The summed E-state index contributed by atoms with van der Waals surface area (Å²) in [5, 5.41) is 68.4. The molecule has 0 aromatic heterocycles. The first kappa shape index (κ1) is 51.4. The predicted molar refractivity (Wildman–Crippen MR) is 183 cm³/mol. The van der Waals surface area contributed by atoms with Gasteiger partial charge >= 0.3 is 41.8 Å². The number of aliphatic carboxylic acids is 7. The smallest absolute Gasteiger partial charge is 0.320 e. The van der Waals surface area contributed by atoms with Gasteiger partial charge < -0.3 is 74.2 Å². The molecule has 0 saturated carbocycles. The number of carbonyl (C=O) groups is 7. The van der Waals surface area contributed by atoms with Crippen LogP contribution in [0, 0.1) is 5.92 Å². The highest BCUT2D eigenvalue weighted by Gasteiger charge is 2.22. The molecule has 4 saturated heterocycles. The molecule has 0 radical (unpaired) electrons. The molecule has 0 aliphatic carbocycles. The van der Waals surface area contributed by atoms with E-state index in [1.165, 1.54) is 0 Å². The molecule has 0 spiro atoms. The van der Waals surface area contributed by atoms with E-state index in [4.69, 9.17) is 41.5 Å². The highest BCUT2D eigenvalue weighted by atomic mass is 16.4. The van der Waals surface area contributed by atoms with Gasteiger partial charge in [-0.1, -0.05) is 20.3 Å². The Labute approximate surface area is 296 Å². The van der Waals surface area contributed by atoms with Crippen LogP contribution in [0.25, 0.3) is 0 Å². The fourth-order valence-electron chi connectivity index (χ4n) is 4.08. The Morgan fingerprint density at radius 3 is 0.824 bits per heavy atom. The van der Waals surface area contributed by atoms with Gasteiger partial charge in [0.15, 0.2) is 0 Å². The number of carboxylic acids is 7. The Hall–Kier alpha value is -3.99. The van der Waals surface area contributed by atoms with Gasteiger partial charge in [-0.25, -0.2) is 0 Å². The van der Waals surface area contributed by atoms with E-state index in [9.17, 15) is 33.6 Å². The van der Waals surface area contributed by atoms with Crippen molar-refractivity contribution in [1.82, 2.24) is 21.3 Å². The van der Waals surface area contributed by atoms with Gasteiger partial charge in [-0.3, -0.25) is 33.6 Å². The van der Waals surface area contributed by atoms with Crippen molar-refractivity contribution >= 4 is 41.8 Å². The van der Waals surface area contributed by atoms with Gasteiger partial charge in [0.1, 0.15) is 30.2 Å². The number of hydrogen-bond donors (Lipinski definition) is 14. The molecule has 21 nitrogen and oxygen atoms in total. The Morgan fingerprint density at radius 1 is 0.549 bits per heavy atom. The Bertz CT molecular complexity index is 895. The van der Waals surface area contributed by atoms with Crippen molar-refractivity contribution in [2.45, 2.75) is 102 Å². The molecule has 4 aliphatic heterocycles. The van der Waals surface area contributed by atoms with Crippen molar-refractivity contribution in [3.63, 3.8) is 0 Å². The van der Waals surface area contributed by atoms with Crippen LogP contribution < -0.4 is 38.5 Å². The lowest BCUT2D eigenvalue weighted by atomic mass is 10.0. The zero-order chi connectivity index (χ0) is 39.9. The van der Waals surface area contributed by atoms with E-state index in [1.807, 2.05) is 13.8 Å². The van der Waals surface area contributed by atoms with Crippen molar-refractivity contribution in [2.75, 3.05) is 39.3 Å². The summed E-state index contributed by atoms with van der Waals surface area (Å²) in [7, 11) is 0. The van der Waals surface area contributed by atoms with E-state index in [-0.39, 0.29) is 43.2 Å². The van der Waals surface area contributed by atoms with E-state index < -0.39 is 47.8 Å². The van der Waals surface area contributed by atoms with Crippen LogP contribution >= 0.6 is 0 Å². The Morgan fingerprint density at radius 2 is 0.765 bits per heavy atom. The van der Waals surface area contributed by atoms with Crippen LogP contribution in [0.1, 0.15) is 71.6 Å². The third-order valence-electron chi connectivity index (χ3n) is 7.33. The second kappa shape index (κ2) is 32.0. The number of hydrogen-bond acceptors (Lipinski definition) is 14. The fraction of sp³-hybridized carbons (Fsp3) is 0.767. The zero-order valence-electron chi connectivity index (χ0n) is 29.3. The van der Waals surface area contributed by atoms with Crippen LogP contribution in [-0.2, 0) is 33.6 Å². The van der Waals surface area contributed by atoms with Gasteiger partial charge in [0.25, 0.3) is 0 Å². The lowest BCUT2D eigenvalue weighted by molar-refractivity contribution is -0.140. The maximum Gasteiger partial charge on any atom is 0.320 e. The molecule has 0 aromatic carbocycles. The number of nitrogens with two attached hydrogens (primary N) is 3. The summed E-state index contributed by atoms with van der Waals surface area (Å²) in [6.45, 7) is 6.63. The summed E-state index contributed by atoms with van der Waals surface area (Å²) in [6, 6.07) is -1.77. The largest absolute Gasteiger partial charge is 0.480 e. The summed E-state index contributed by atoms with van der Waals surface area (Å²) in [6.07, 6.45) is 7.95. The van der Waals surface area contributed by atoms with E-state index in [0.717, 1.165) is 84.0 Å². The summed E-state index contributed by atoms with van der Waals surface area (Å²) in [5.74, 6) is -5.66. The highest BCUT2D eigenvalue weighted by Crippen LogP contribution is 2.06. The van der Waals surface area contributed by atoms with Gasteiger partial charge in [0.2, 0.25) is 0 Å². The maximum absolute atomic E-state index is 10.2. The molecular weight excluding hydrogens is 682 g/mol. The molecule has 17 N–H and O–H groups in total. The molecule has 51 heavy (non-hydrogen) atoms. The Kier molecular flexibility index (Phi) is 32.2. The average Bonchev–Trinajstić information content (AvgIpc) is 3.93. The molecular formula is C30H59N7O14. The highest BCUT2D eigenvalue weighted by molar-refractivity contribution is 5.75. The first-order valence-electron chi connectivity index (χ1n) is 16.5. The number of carboxylic acid groups (broad SMARTS) is 7. The predicted octanol–water partition coefficient (Wildman–Crippen LogP) is -2.20. The van der Waals surface area contributed by atoms with Crippen molar-refractivity contribution < 1.29 is 69.3 Å². The summed E-state index contributed by atoms with van der Waals surface area (Å²) in [4.78, 5) is 69.2. The van der Waals surface area contributed by atoms with Crippen LogP contribution in [-0.4, -0.2) is 147 Å². The summed E-state index contributed by atoms with van der Waals surface area (Å²) < 4.78 is 0. The van der Waals surface area contributed by atoms with Crippen molar-refractivity contribution in [2.24, 2.45) is 23.1 Å². The second-order valence-electron chi connectivity index (χ2n) is 11.4. The third-order valence-corrected chi connectivity index (χ3v) is 7.33. The molecule has 0 unspecified atom stereocenters. The molecule has 0 bridgehead atoms. The number of rotatable bonds is 9. The first-order chi connectivity index (χ1) is 23.8. The normalized spacial score (nSPS) is 22.1. The van der Waals surface area contributed by atoms with Gasteiger partial charge in [0, 0.05) is 0 Å². The van der Waals surface area contributed by atoms with Crippen LogP contribution in [0.5, 0.6) is 0 Å². The maximum atomic E-state index is 10.2. The van der Waals surface area contributed by atoms with Gasteiger partial charge in [-0.05, 0) is 83.5 Å². The van der Waals surface area contributed by atoms with Gasteiger partial charge in [0.05, 0.1) is 13.1 Å². The zero-order valence-corrected chi connectivity index (χ0v) is 29.3. The molecule has 4 rings (SSSR count). The molecule has 4 aliphatic rings. The lowest BCUT2D eigenvalue weighted by Crippen LogP contribution is -2.36. The number of nitrogens with one attached hydrogen (secondary N) is 4. The van der Waals surface area contributed by atoms with Gasteiger partial charge in [-0.2, -0.15) is 0 Å². The molecule has 6 atom stereocenters. The van der Waals surface area contributed by atoms with E-state index >= 15 is 0 Å². The Balaban J connectivity index is -0.000000532. The third kappa shape index (κ3) is 30.5. The molecule has 0 aromatic rings. The monoisotopic (exact) mass is 741 g/mol. The van der Waals surface area contributed by atoms with E-state index in [2.05, 4.69) is 32.7 Å².